The van der Waals surface area contributed by atoms with E-state index in [0.29, 0.717) is 12.0 Å². The SMILES string of the molecule is CCOC(C1CCCCC1)C(N)C1CCC(C)CC1. The van der Waals surface area contributed by atoms with Crippen LogP contribution >= 0.6 is 0 Å². The van der Waals surface area contributed by atoms with Crippen LogP contribution in [0.1, 0.15) is 71.6 Å². The van der Waals surface area contributed by atoms with Gasteiger partial charge in [-0.3, -0.25) is 0 Å². The van der Waals surface area contributed by atoms with Gasteiger partial charge >= 0.3 is 0 Å². The first-order chi connectivity index (χ1) is 9.22. The van der Waals surface area contributed by atoms with Crippen molar-refractivity contribution in [3.63, 3.8) is 0 Å². The Bertz CT molecular complexity index is 242. The Morgan fingerprint density at radius 3 is 2.16 bits per heavy atom. The fourth-order valence-corrected chi connectivity index (χ4v) is 4.16. The first kappa shape index (κ1) is 15.3. The van der Waals surface area contributed by atoms with E-state index in [0.717, 1.165) is 18.4 Å². The van der Waals surface area contributed by atoms with E-state index in [2.05, 4.69) is 13.8 Å². The molecule has 2 nitrogen and oxygen atoms in total. The molecule has 0 aromatic carbocycles. The van der Waals surface area contributed by atoms with Crippen LogP contribution in [0.5, 0.6) is 0 Å². The van der Waals surface area contributed by atoms with Crippen LogP contribution < -0.4 is 5.73 Å². The molecule has 0 radical (unpaired) electrons. The zero-order valence-corrected chi connectivity index (χ0v) is 12.9. The molecule has 2 aliphatic rings. The maximum Gasteiger partial charge on any atom is 0.0756 e. The lowest BCUT2D eigenvalue weighted by Gasteiger charge is -2.39. The van der Waals surface area contributed by atoms with Gasteiger partial charge in [0.1, 0.15) is 0 Å². The number of rotatable bonds is 5. The number of ether oxygens (including phenoxy) is 1. The molecule has 2 saturated carbocycles. The molecule has 19 heavy (non-hydrogen) atoms. The summed E-state index contributed by atoms with van der Waals surface area (Å²) >= 11 is 0. The van der Waals surface area contributed by atoms with E-state index < -0.39 is 0 Å². The Morgan fingerprint density at radius 1 is 0.947 bits per heavy atom. The van der Waals surface area contributed by atoms with Gasteiger partial charge in [-0.2, -0.15) is 0 Å². The van der Waals surface area contributed by atoms with Crippen LogP contribution in [0.2, 0.25) is 0 Å². The minimum atomic E-state index is 0.274. The number of nitrogens with two attached hydrogens (primary N) is 1. The molecular weight excluding hydrogens is 234 g/mol. The standard InChI is InChI=1S/C17H33NO/c1-3-19-17(15-7-5-4-6-8-15)16(18)14-11-9-13(2)10-12-14/h13-17H,3-12,18H2,1-2H3. The molecule has 112 valence electrons. The zero-order chi connectivity index (χ0) is 13.7. The van der Waals surface area contributed by atoms with Crippen LogP contribution in [0.25, 0.3) is 0 Å². The third kappa shape index (κ3) is 4.19. The van der Waals surface area contributed by atoms with E-state index >= 15 is 0 Å². The molecule has 2 atom stereocenters. The van der Waals surface area contributed by atoms with Crippen LogP contribution in [-0.4, -0.2) is 18.8 Å². The molecule has 2 N–H and O–H groups in total. The molecule has 2 heteroatoms. The Hall–Kier alpha value is -0.0800. The highest BCUT2D eigenvalue weighted by atomic mass is 16.5. The molecule has 2 unspecified atom stereocenters. The lowest BCUT2D eigenvalue weighted by atomic mass is 9.74. The van der Waals surface area contributed by atoms with Crippen LogP contribution in [0.15, 0.2) is 0 Å². The molecule has 2 fully saturated rings. The second-order valence-electron chi connectivity index (χ2n) is 6.92. The molecule has 0 aromatic heterocycles. The summed E-state index contributed by atoms with van der Waals surface area (Å²) in [6.07, 6.45) is 12.5. The van der Waals surface area contributed by atoms with Crippen molar-refractivity contribution in [2.45, 2.75) is 83.8 Å². The van der Waals surface area contributed by atoms with Crippen LogP contribution in [0, 0.1) is 17.8 Å². The van der Waals surface area contributed by atoms with Crippen molar-refractivity contribution in [2.24, 2.45) is 23.5 Å². The summed E-state index contributed by atoms with van der Waals surface area (Å²) in [5, 5.41) is 0. The third-order valence-electron chi connectivity index (χ3n) is 5.46. The largest absolute Gasteiger partial charge is 0.377 e. The maximum atomic E-state index is 6.63. The molecule has 0 spiro atoms. The second-order valence-corrected chi connectivity index (χ2v) is 6.92. The average Bonchev–Trinajstić information content (AvgIpc) is 2.46. The molecule has 2 aliphatic carbocycles. The molecule has 0 saturated heterocycles. The van der Waals surface area contributed by atoms with E-state index in [9.17, 15) is 0 Å². The fraction of sp³-hybridized carbons (Fsp3) is 1.00. The average molecular weight is 267 g/mol. The summed E-state index contributed by atoms with van der Waals surface area (Å²) in [5.41, 5.74) is 6.63. The van der Waals surface area contributed by atoms with Crippen molar-refractivity contribution >= 4 is 0 Å². The van der Waals surface area contributed by atoms with Crippen molar-refractivity contribution in [2.75, 3.05) is 6.61 Å². The van der Waals surface area contributed by atoms with Gasteiger partial charge in [0, 0.05) is 12.6 Å². The minimum Gasteiger partial charge on any atom is -0.377 e. The monoisotopic (exact) mass is 267 g/mol. The first-order valence-electron chi connectivity index (χ1n) is 8.59. The van der Waals surface area contributed by atoms with Gasteiger partial charge in [-0.1, -0.05) is 39.0 Å². The second kappa shape index (κ2) is 7.64. The highest BCUT2D eigenvalue weighted by Gasteiger charge is 2.34. The van der Waals surface area contributed by atoms with Crippen LogP contribution in [0.3, 0.4) is 0 Å². The Kier molecular flexibility index (Phi) is 6.15. The summed E-state index contributed by atoms with van der Waals surface area (Å²) in [6, 6.07) is 0.274. The molecule has 0 heterocycles. The Morgan fingerprint density at radius 2 is 1.58 bits per heavy atom. The van der Waals surface area contributed by atoms with Gasteiger partial charge < -0.3 is 10.5 Å². The normalized spacial score (nSPS) is 33.0. The van der Waals surface area contributed by atoms with Crippen LogP contribution in [0.4, 0.5) is 0 Å². The van der Waals surface area contributed by atoms with E-state index in [1.54, 1.807) is 0 Å². The van der Waals surface area contributed by atoms with Gasteiger partial charge in [0.05, 0.1) is 6.10 Å². The molecule has 2 rings (SSSR count). The lowest BCUT2D eigenvalue weighted by molar-refractivity contribution is -0.0266. The molecule has 0 bridgehead atoms. The van der Waals surface area contributed by atoms with Crippen molar-refractivity contribution in [3.05, 3.63) is 0 Å². The van der Waals surface area contributed by atoms with E-state index in [4.69, 9.17) is 10.5 Å². The predicted octanol–water partition coefficient (Wildman–Crippen LogP) is 4.13. The Balaban J connectivity index is 1.92. The molecule has 0 aliphatic heterocycles. The van der Waals surface area contributed by atoms with Gasteiger partial charge in [-0.25, -0.2) is 0 Å². The van der Waals surface area contributed by atoms with Crippen LogP contribution in [-0.2, 0) is 4.74 Å². The first-order valence-corrected chi connectivity index (χ1v) is 8.59. The quantitative estimate of drug-likeness (QED) is 0.813. The summed E-state index contributed by atoms with van der Waals surface area (Å²) in [6.45, 7) is 5.31. The summed E-state index contributed by atoms with van der Waals surface area (Å²) < 4.78 is 6.10. The van der Waals surface area contributed by atoms with Crippen molar-refractivity contribution in [3.8, 4) is 0 Å². The van der Waals surface area contributed by atoms with Gasteiger partial charge in [0.25, 0.3) is 0 Å². The molecular formula is C17H33NO. The van der Waals surface area contributed by atoms with E-state index in [1.807, 2.05) is 0 Å². The van der Waals surface area contributed by atoms with Crippen molar-refractivity contribution < 1.29 is 4.74 Å². The fourth-order valence-electron chi connectivity index (χ4n) is 4.16. The number of hydrogen-bond acceptors (Lipinski definition) is 2. The highest BCUT2D eigenvalue weighted by molar-refractivity contribution is 4.89. The minimum absolute atomic E-state index is 0.274. The topological polar surface area (TPSA) is 35.2 Å². The van der Waals surface area contributed by atoms with Gasteiger partial charge in [0.2, 0.25) is 0 Å². The van der Waals surface area contributed by atoms with Crippen molar-refractivity contribution in [1.29, 1.82) is 0 Å². The van der Waals surface area contributed by atoms with Crippen molar-refractivity contribution in [1.82, 2.24) is 0 Å². The Labute approximate surface area is 119 Å². The number of hydrogen-bond donors (Lipinski definition) is 1. The molecule has 0 aromatic rings. The zero-order valence-electron chi connectivity index (χ0n) is 12.9. The highest BCUT2D eigenvalue weighted by Crippen LogP contribution is 2.36. The molecule has 0 amide bonds. The van der Waals surface area contributed by atoms with Gasteiger partial charge in [-0.15, -0.1) is 0 Å². The summed E-state index contributed by atoms with van der Waals surface area (Å²) in [4.78, 5) is 0. The lowest BCUT2D eigenvalue weighted by Crippen LogP contribution is -2.48. The maximum absolute atomic E-state index is 6.63. The third-order valence-corrected chi connectivity index (χ3v) is 5.46. The summed E-state index contributed by atoms with van der Waals surface area (Å²) in [7, 11) is 0. The summed E-state index contributed by atoms with van der Waals surface area (Å²) in [5.74, 6) is 2.33. The predicted molar refractivity (Wildman–Crippen MR) is 81.1 cm³/mol. The van der Waals surface area contributed by atoms with E-state index in [-0.39, 0.29) is 6.04 Å². The van der Waals surface area contributed by atoms with Gasteiger partial charge in [-0.05, 0) is 50.4 Å². The van der Waals surface area contributed by atoms with Gasteiger partial charge in [0.15, 0.2) is 0 Å². The smallest absolute Gasteiger partial charge is 0.0756 e. The van der Waals surface area contributed by atoms with E-state index in [1.165, 1.54) is 57.8 Å².